The molecule has 0 saturated carbocycles. The molecule has 9 nitrogen and oxygen atoms in total. The van der Waals surface area contributed by atoms with Crippen molar-refractivity contribution in [3.05, 3.63) is 11.5 Å². The topological polar surface area (TPSA) is 105 Å². The molecule has 1 aliphatic heterocycles. The van der Waals surface area contributed by atoms with Gasteiger partial charge in [-0.1, -0.05) is 11.6 Å². The predicted octanol–water partition coefficient (Wildman–Crippen LogP) is 0.842. The Kier molecular flexibility index (Phi) is 4.95. The van der Waals surface area contributed by atoms with Crippen molar-refractivity contribution in [3.8, 4) is 5.75 Å². The molecule has 1 atom stereocenters. The van der Waals surface area contributed by atoms with Gasteiger partial charge in [-0.2, -0.15) is 9.50 Å². The zero-order valence-electron chi connectivity index (χ0n) is 12.5. The Labute approximate surface area is 140 Å². The van der Waals surface area contributed by atoms with E-state index in [0.29, 0.717) is 17.3 Å². The van der Waals surface area contributed by atoms with Crippen molar-refractivity contribution in [3.63, 3.8) is 0 Å². The third kappa shape index (κ3) is 3.71. The van der Waals surface area contributed by atoms with Crippen LogP contribution in [0.2, 0.25) is 5.15 Å². The minimum atomic E-state index is -1.78. The van der Waals surface area contributed by atoms with Crippen molar-refractivity contribution in [1.82, 2.24) is 24.5 Å². The summed E-state index contributed by atoms with van der Waals surface area (Å²) in [6.45, 7) is 1.52. The second-order valence-electron chi connectivity index (χ2n) is 5.26. The Hall–Kier alpha value is -1.49. The molecule has 2 aromatic heterocycles. The first-order chi connectivity index (χ1) is 11.1. The number of hydrogen-bond donors (Lipinski definition) is 2. The Morgan fingerprint density at radius 1 is 1.52 bits per heavy atom. The largest absolute Gasteiger partial charge is 0.490 e. The number of methoxy groups -OCH3 is 1. The molecule has 3 rings (SSSR count). The van der Waals surface area contributed by atoms with E-state index in [-0.39, 0.29) is 17.1 Å². The maximum atomic E-state index is 10.8. The lowest BCUT2D eigenvalue weighted by Crippen LogP contribution is -2.40. The molecule has 0 spiro atoms. The molecule has 0 amide bonds. The van der Waals surface area contributed by atoms with Crippen LogP contribution in [0, 0.1) is 0 Å². The molecule has 3 heterocycles. The van der Waals surface area contributed by atoms with Gasteiger partial charge in [0.05, 0.1) is 7.11 Å². The van der Waals surface area contributed by atoms with Crippen LogP contribution in [0.1, 0.15) is 12.8 Å². The van der Waals surface area contributed by atoms with Gasteiger partial charge in [0.2, 0.25) is 17.3 Å². The number of nitrogens with one attached hydrogen (secondary N) is 1. The number of anilines is 1. The lowest BCUT2D eigenvalue weighted by molar-refractivity contribution is 0.247. The van der Waals surface area contributed by atoms with Crippen molar-refractivity contribution in [2.45, 2.75) is 18.9 Å². The minimum absolute atomic E-state index is 0.195. The molecule has 23 heavy (non-hydrogen) atoms. The van der Waals surface area contributed by atoms with E-state index in [1.165, 1.54) is 18.0 Å². The molecule has 0 aromatic carbocycles. The van der Waals surface area contributed by atoms with Crippen LogP contribution in [0.25, 0.3) is 5.65 Å². The molecule has 1 unspecified atom stereocenters. The normalized spacial score (nSPS) is 18.2. The van der Waals surface area contributed by atoms with E-state index in [1.54, 1.807) is 0 Å². The number of piperidine rings is 1. The van der Waals surface area contributed by atoms with Crippen molar-refractivity contribution < 1.29 is 13.5 Å². The van der Waals surface area contributed by atoms with E-state index in [1.807, 2.05) is 4.90 Å². The molecular formula is C12H17ClN6O3S. The zero-order valence-corrected chi connectivity index (χ0v) is 14.0. The SMILES string of the molecule is COc1c(Cl)ncn2nc(NC3CCN(CS(=O)O)CC3)nc12. The van der Waals surface area contributed by atoms with Crippen LogP contribution in [0.4, 0.5) is 5.95 Å². The Bertz CT molecular complexity index is 718. The number of ether oxygens (including phenoxy) is 1. The highest BCUT2D eigenvalue weighted by atomic mass is 35.5. The van der Waals surface area contributed by atoms with Crippen molar-refractivity contribution in [2.75, 3.05) is 31.4 Å². The summed E-state index contributed by atoms with van der Waals surface area (Å²) in [6, 6.07) is 0.213. The van der Waals surface area contributed by atoms with Gasteiger partial charge < -0.3 is 14.6 Å². The summed E-state index contributed by atoms with van der Waals surface area (Å²) in [5, 5.41) is 7.84. The van der Waals surface area contributed by atoms with Crippen LogP contribution in [0.5, 0.6) is 5.75 Å². The molecule has 0 bridgehead atoms. The van der Waals surface area contributed by atoms with Gasteiger partial charge in [0.1, 0.15) is 12.2 Å². The molecule has 0 aliphatic carbocycles. The Morgan fingerprint density at radius 2 is 2.26 bits per heavy atom. The highest BCUT2D eigenvalue weighted by molar-refractivity contribution is 7.79. The summed E-state index contributed by atoms with van der Waals surface area (Å²) in [6.07, 6.45) is 3.18. The third-order valence-electron chi connectivity index (χ3n) is 3.72. The van der Waals surface area contributed by atoms with Gasteiger partial charge in [0, 0.05) is 19.1 Å². The molecule has 2 N–H and O–H groups in total. The van der Waals surface area contributed by atoms with Crippen LogP contribution in [-0.2, 0) is 11.1 Å². The summed E-state index contributed by atoms with van der Waals surface area (Å²) in [5.74, 6) is 1.06. The maximum Gasteiger partial charge on any atom is 0.243 e. The van der Waals surface area contributed by atoms with Crippen molar-refractivity contribution in [1.29, 1.82) is 0 Å². The van der Waals surface area contributed by atoms with Gasteiger partial charge >= 0.3 is 0 Å². The molecule has 0 radical (unpaired) electrons. The van der Waals surface area contributed by atoms with Crippen LogP contribution in [0.3, 0.4) is 0 Å². The first-order valence-corrected chi connectivity index (χ1v) is 8.73. The molecule has 1 fully saturated rings. The maximum absolute atomic E-state index is 10.8. The Morgan fingerprint density at radius 3 is 2.91 bits per heavy atom. The van der Waals surface area contributed by atoms with E-state index in [9.17, 15) is 4.21 Å². The van der Waals surface area contributed by atoms with E-state index in [2.05, 4.69) is 20.4 Å². The highest BCUT2D eigenvalue weighted by Gasteiger charge is 2.22. The minimum Gasteiger partial charge on any atom is -0.490 e. The molecular weight excluding hydrogens is 344 g/mol. The zero-order chi connectivity index (χ0) is 16.4. The second kappa shape index (κ2) is 6.95. The van der Waals surface area contributed by atoms with E-state index >= 15 is 0 Å². The molecule has 126 valence electrons. The summed E-state index contributed by atoms with van der Waals surface area (Å²) in [4.78, 5) is 10.4. The molecule has 2 aromatic rings. The third-order valence-corrected chi connectivity index (χ3v) is 4.58. The molecule has 1 saturated heterocycles. The average Bonchev–Trinajstić information content (AvgIpc) is 2.91. The lowest BCUT2D eigenvalue weighted by atomic mass is 10.1. The van der Waals surface area contributed by atoms with Gasteiger partial charge in [-0.25, -0.2) is 9.19 Å². The fourth-order valence-electron chi connectivity index (χ4n) is 2.60. The number of rotatable bonds is 5. The molecule has 11 heteroatoms. The fraction of sp³-hybridized carbons (Fsp3) is 0.583. The van der Waals surface area contributed by atoms with E-state index in [4.69, 9.17) is 20.9 Å². The first-order valence-electron chi connectivity index (χ1n) is 7.08. The summed E-state index contributed by atoms with van der Waals surface area (Å²) in [5.41, 5.74) is 0.503. The smallest absolute Gasteiger partial charge is 0.243 e. The summed E-state index contributed by atoms with van der Waals surface area (Å²) >= 11 is 4.19. The van der Waals surface area contributed by atoms with Gasteiger partial charge in [0.25, 0.3) is 0 Å². The second-order valence-corrected chi connectivity index (χ2v) is 6.52. The van der Waals surface area contributed by atoms with Crippen LogP contribution < -0.4 is 10.1 Å². The van der Waals surface area contributed by atoms with Crippen molar-refractivity contribution in [2.24, 2.45) is 0 Å². The number of likely N-dealkylation sites (tertiary alicyclic amines) is 1. The highest BCUT2D eigenvalue weighted by Crippen LogP contribution is 2.26. The fourth-order valence-corrected chi connectivity index (χ4v) is 3.37. The lowest BCUT2D eigenvalue weighted by Gasteiger charge is -2.30. The molecule has 1 aliphatic rings. The number of halogens is 1. The van der Waals surface area contributed by atoms with Crippen LogP contribution >= 0.6 is 11.6 Å². The first kappa shape index (κ1) is 16.4. The van der Waals surface area contributed by atoms with Gasteiger partial charge in [-0.05, 0) is 12.8 Å². The van der Waals surface area contributed by atoms with Gasteiger partial charge in [0.15, 0.2) is 16.2 Å². The van der Waals surface area contributed by atoms with Crippen LogP contribution in [-0.4, -0.2) is 65.4 Å². The number of nitrogens with zero attached hydrogens (tertiary/aromatic N) is 5. The predicted molar refractivity (Wildman–Crippen MR) is 86.2 cm³/mol. The monoisotopic (exact) mass is 360 g/mol. The summed E-state index contributed by atoms with van der Waals surface area (Å²) in [7, 11) is 1.51. The number of hydrogen-bond acceptors (Lipinski definition) is 7. The standard InChI is InChI=1S/C12H17ClN6O3S/c1-22-9-10(13)14-6-19-11(9)16-12(17-19)15-8-2-4-18(5-3-8)7-23(20)21/h6,8H,2-5,7H2,1H3,(H,15,17)(H,20,21). The Balaban J connectivity index is 1.67. The van der Waals surface area contributed by atoms with E-state index in [0.717, 1.165) is 25.9 Å². The number of fused-ring (bicyclic) bond motifs is 1. The van der Waals surface area contributed by atoms with Crippen molar-refractivity contribution >= 4 is 34.3 Å². The number of aromatic nitrogens is 4. The average molecular weight is 361 g/mol. The summed E-state index contributed by atoms with van der Waals surface area (Å²) < 4.78 is 26.5. The van der Waals surface area contributed by atoms with E-state index < -0.39 is 11.1 Å². The van der Waals surface area contributed by atoms with Crippen LogP contribution in [0.15, 0.2) is 6.33 Å². The quantitative estimate of drug-likeness (QED) is 0.597. The van der Waals surface area contributed by atoms with Gasteiger partial charge in [-0.3, -0.25) is 4.90 Å². The van der Waals surface area contributed by atoms with Gasteiger partial charge in [-0.15, -0.1) is 5.10 Å².